The Balaban J connectivity index is 1.62. The molecular formula is C24H25FN2O2. The molecule has 0 atom stereocenters. The molecule has 0 saturated heterocycles. The van der Waals surface area contributed by atoms with E-state index in [2.05, 4.69) is 5.32 Å². The number of hydrogen-bond donors (Lipinski definition) is 2. The molecule has 0 unspecified atom stereocenters. The predicted octanol–water partition coefficient (Wildman–Crippen LogP) is 6.00. The van der Waals surface area contributed by atoms with E-state index in [9.17, 15) is 14.4 Å². The highest BCUT2D eigenvalue weighted by atomic mass is 19.1. The van der Waals surface area contributed by atoms with Gasteiger partial charge in [0.15, 0.2) is 0 Å². The van der Waals surface area contributed by atoms with Crippen molar-refractivity contribution in [3.63, 3.8) is 0 Å². The summed E-state index contributed by atoms with van der Waals surface area (Å²) in [6.45, 7) is 5.45. The van der Waals surface area contributed by atoms with Crippen molar-refractivity contribution < 1.29 is 14.4 Å². The molecule has 0 bridgehead atoms. The Hall–Kier alpha value is -3.18. The van der Waals surface area contributed by atoms with Crippen LogP contribution in [0.3, 0.4) is 0 Å². The summed E-state index contributed by atoms with van der Waals surface area (Å²) in [4.78, 5) is 12.1. The first-order valence-electron chi connectivity index (χ1n) is 9.45. The molecule has 0 aromatic heterocycles. The molecule has 5 heteroatoms. The Morgan fingerprint density at radius 2 is 1.31 bits per heavy atom. The van der Waals surface area contributed by atoms with Gasteiger partial charge in [-0.15, -0.1) is 0 Å². The van der Waals surface area contributed by atoms with E-state index < -0.39 is 5.41 Å². The molecule has 0 spiro atoms. The zero-order valence-electron chi connectivity index (χ0n) is 16.8. The Kier molecular flexibility index (Phi) is 5.99. The molecule has 3 rings (SSSR count). The number of benzene rings is 3. The van der Waals surface area contributed by atoms with Crippen LogP contribution in [0, 0.1) is 11.2 Å². The van der Waals surface area contributed by atoms with Gasteiger partial charge in [-0.1, -0.05) is 57.2 Å². The number of halogens is 1. The van der Waals surface area contributed by atoms with E-state index >= 15 is 0 Å². The van der Waals surface area contributed by atoms with Gasteiger partial charge in [-0.05, 0) is 53.1 Å². The largest absolute Gasteiger partial charge is 0.356 e. The molecule has 3 aromatic rings. The fourth-order valence-corrected chi connectivity index (χ4v) is 2.88. The van der Waals surface area contributed by atoms with E-state index in [1.54, 1.807) is 32.9 Å². The molecular weight excluding hydrogens is 367 g/mol. The molecule has 0 radical (unpaired) electrons. The highest BCUT2D eigenvalue weighted by molar-refractivity contribution is 5.80. The van der Waals surface area contributed by atoms with Crippen molar-refractivity contribution in [2.75, 3.05) is 5.32 Å². The van der Waals surface area contributed by atoms with E-state index in [-0.39, 0.29) is 18.3 Å². The lowest BCUT2D eigenvalue weighted by Crippen LogP contribution is -2.36. The molecule has 0 fully saturated rings. The van der Waals surface area contributed by atoms with E-state index in [0.29, 0.717) is 0 Å². The molecule has 4 nitrogen and oxygen atoms in total. The maximum Gasteiger partial charge on any atom is 0.251 e. The van der Waals surface area contributed by atoms with E-state index in [1.165, 1.54) is 12.1 Å². The third-order valence-electron chi connectivity index (χ3n) is 4.51. The average molecular weight is 392 g/mol. The van der Waals surface area contributed by atoms with Gasteiger partial charge in [0.05, 0.1) is 6.54 Å². The monoisotopic (exact) mass is 392 g/mol. The van der Waals surface area contributed by atoms with Crippen molar-refractivity contribution in [1.29, 1.82) is 0 Å². The molecule has 0 aliphatic carbocycles. The summed E-state index contributed by atoms with van der Waals surface area (Å²) in [6.07, 6.45) is 0. The SMILES string of the molecule is CC(C)(C)C(=O)N(O)Cc1ccc(Nc2ccc(-c3ccc(F)cc3)cc2)cc1. The topological polar surface area (TPSA) is 52.6 Å². The Morgan fingerprint density at radius 1 is 0.862 bits per heavy atom. The van der Waals surface area contributed by atoms with Gasteiger partial charge in [-0.2, -0.15) is 0 Å². The zero-order valence-corrected chi connectivity index (χ0v) is 16.8. The minimum Gasteiger partial charge on any atom is -0.356 e. The summed E-state index contributed by atoms with van der Waals surface area (Å²) >= 11 is 0. The van der Waals surface area contributed by atoms with Crippen LogP contribution in [0.1, 0.15) is 26.3 Å². The van der Waals surface area contributed by atoms with Gasteiger partial charge in [0.25, 0.3) is 5.91 Å². The zero-order chi connectivity index (χ0) is 21.0. The molecule has 3 aromatic carbocycles. The Morgan fingerprint density at radius 3 is 1.79 bits per heavy atom. The second kappa shape index (κ2) is 8.45. The standard InChI is InChI=1S/C24H25FN2O2/c1-24(2,3)23(28)27(29)16-17-4-12-21(13-5-17)26-22-14-8-19(9-15-22)18-6-10-20(25)11-7-18/h4-15,26,29H,16H2,1-3H3. The first kappa shape index (κ1) is 20.6. The molecule has 2 N–H and O–H groups in total. The summed E-state index contributed by atoms with van der Waals surface area (Å²) < 4.78 is 13.1. The van der Waals surface area contributed by atoms with Crippen LogP contribution in [0.4, 0.5) is 15.8 Å². The minimum absolute atomic E-state index is 0.142. The van der Waals surface area contributed by atoms with Gasteiger partial charge in [-0.25, -0.2) is 9.45 Å². The van der Waals surface area contributed by atoms with Gasteiger partial charge in [-0.3, -0.25) is 10.0 Å². The number of hydrogen-bond acceptors (Lipinski definition) is 3. The van der Waals surface area contributed by atoms with Crippen LogP contribution in [0.15, 0.2) is 72.8 Å². The van der Waals surface area contributed by atoms with Crippen LogP contribution in [-0.2, 0) is 11.3 Å². The molecule has 150 valence electrons. The van der Waals surface area contributed by atoms with Crippen molar-refractivity contribution in [3.05, 3.63) is 84.2 Å². The average Bonchev–Trinajstić information content (AvgIpc) is 2.69. The van der Waals surface area contributed by atoms with Crippen molar-refractivity contribution in [1.82, 2.24) is 5.06 Å². The van der Waals surface area contributed by atoms with Gasteiger partial charge in [0, 0.05) is 16.8 Å². The van der Waals surface area contributed by atoms with Gasteiger partial charge in [0.1, 0.15) is 5.82 Å². The van der Waals surface area contributed by atoms with E-state index in [4.69, 9.17) is 0 Å². The first-order chi connectivity index (χ1) is 13.7. The third-order valence-corrected chi connectivity index (χ3v) is 4.51. The van der Waals surface area contributed by atoms with Crippen molar-refractivity contribution >= 4 is 17.3 Å². The molecule has 29 heavy (non-hydrogen) atoms. The Labute approximate surface area is 170 Å². The van der Waals surface area contributed by atoms with Crippen LogP contribution in [-0.4, -0.2) is 16.2 Å². The summed E-state index contributed by atoms with van der Waals surface area (Å²) in [5.74, 6) is -0.566. The lowest BCUT2D eigenvalue weighted by atomic mass is 9.95. The second-order valence-corrected chi connectivity index (χ2v) is 8.02. The number of carbonyl (C=O) groups excluding carboxylic acids is 1. The number of hydroxylamine groups is 2. The van der Waals surface area contributed by atoms with Gasteiger partial charge < -0.3 is 5.32 Å². The quantitative estimate of drug-likeness (QED) is 0.414. The van der Waals surface area contributed by atoms with Crippen LogP contribution in [0.25, 0.3) is 11.1 Å². The normalized spacial score (nSPS) is 11.2. The number of carbonyl (C=O) groups is 1. The minimum atomic E-state index is -0.629. The lowest BCUT2D eigenvalue weighted by molar-refractivity contribution is -0.177. The molecule has 0 aliphatic rings. The first-order valence-corrected chi connectivity index (χ1v) is 9.45. The van der Waals surface area contributed by atoms with Crippen LogP contribution >= 0.6 is 0 Å². The molecule has 0 saturated carbocycles. The number of nitrogens with zero attached hydrogens (tertiary/aromatic N) is 1. The number of nitrogens with one attached hydrogen (secondary N) is 1. The van der Waals surface area contributed by atoms with Gasteiger partial charge in [0.2, 0.25) is 0 Å². The lowest BCUT2D eigenvalue weighted by Gasteiger charge is -2.24. The highest BCUT2D eigenvalue weighted by Gasteiger charge is 2.26. The molecule has 1 amide bonds. The fourth-order valence-electron chi connectivity index (χ4n) is 2.88. The Bertz CT molecular complexity index is 960. The summed E-state index contributed by atoms with van der Waals surface area (Å²) in [6, 6.07) is 21.8. The maximum absolute atomic E-state index is 13.1. The van der Waals surface area contributed by atoms with E-state index in [0.717, 1.165) is 33.1 Å². The third kappa shape index (κ3) is 5.42. The smallest absolute Gasteiger partial charge is 0.251 e. The van der Waals surface area contributed by atoms with Crippen molar-refractivity contribution in [2.24, 2.45) is 5.41 Å². The maximum atomic E-state index is 13.1. The number of anilines is 2. The van der Waals surface area contributed by atoms with E-state index in [1.807, 2.05) is 48.5 Å². The van der Waals surface area contributed by atoms with Crippen LogP contribution in [0.5, 0.6) is 0 Å². The number of rotatable bonds is 5. The van der Waals surface area contributed by atoms with Gasteiger partial charge >= 0.3 is 0 Å². The van der Waals surface area contributed by atoms with Crippen molar-refractivity contribution in [3.8, 4) is 11.1 Å². The van der Waals surface area contributed by atoms with Crippen LogP contribution in [0.2, 0.25) is 0 Å². The summed E-state index contributed by atoms with van der Waals surface area (Å²) in [7, 11) is 0. The molecule has 0 heterocycles. The second-order valence-electron chi connectivity index (χ2n) is 8.02. The number of amides is 1. The fraction of sp³-hybridized carbons (Fsp3) is 0.208. The summed E-state index contributed by atoms with van der Waals surface area (Å²) in [5, 5.41) is 14.1. The van der Waals surface area contributed by atoms with Crippen LogP contribution < -0.4 is 5.32 Å². The summed E-state index contributed by atoms with van der Waals surface area (Å²) in [5.41, 5.74) is 4.00. The van der Waals surface area contributed by atoms with Crippen molar-refractivity contribution in [2.45, 2.75) is 27.3 Å². The molecule has 0 aliphatic heterocycles. The highest BCUT2D eigenvalue weighted by Crippen LogP contribution is 2.24. The predicted molar refractivity (Wildman–Crippen MR) is 113 cm³/mol.